The number of amides is 1. The Morgan fingerprint density at radius 3 is 2.70 bits per heavy atom. The molecule has 0 spiro atoms. The zero-order valence-corrected chi connectivity index (χ0v) is 15.1. The fourth-order valence-corrected chi connectivity index (χ4v) is 3.66. The van der Waals surface area contributed by atoms with E-state index in [0.717, 1.165) is 21.7 Å². The minimum Gasteiger partial charge on any atom is -0.321 e. The number of nitrogens with one attached hydrogen (secondary N) is 1. The van der Waals surface area contributed by atoms with Gasteiger partial charge >= 0.3 is 0 Å². The van der Waals surface area contributed by atoms with Crippen LogP contribution in [0, 0.1) is 5.82 Å². The average molecular weight is 377 g/mol. The fourth-order valence-electron chi connectivity index (χ4n) is 2.75. The first-order valence-corrected chi connectivity index (χ1v) is 9.22. The Morgan fingerprint density at radius 2 is 1.93 bits per heavy atom. The quantitative estimate of drug-likeness (QED) is 0.529. The summed E-state index contributed by atoms with van der Waals surface area (Å²) in [6, 6.07) is 19.5. The summed E-state index contributed by atoms with van der Waals surface area (Å²) in [6.45, 7) is 0.643. The maximum atomic E-state index is 13.1. The molecule has 1 amide bonds. The SMILES string of the molecule is O=C(Nc1cccc(Cn2cccn2)c1)c1ccc(-c2ccc(F)cc2)s1. The van der Waals surface area contributed by atoms with Crippen molar-refractivity contribution in [3.8, 4) is 10.4 Å². The van der Waals surface area contributed by atoms with Crippen molar-refractivity contribution in [1.29, 1.82) is 0 Å². The van der Waals surface area contributed by atoms with E-state index in [0.29, 0.717) is 11.4 Å². The average Bonchev–Trinajstić information content (AvgIpc) is 3.35. The Kier molecular flexibility index (Phi) is 4.80. The van der Waals surface area contributed by atoms with E-state index in [2.05, 4.69) is 10.4 Å². The van der Waals surface area contributed by atoms with Gasteiger partial charge in [-0.2, -0.15) is 5.10 Å². The minimum absolute atomic E-state index is 0.162. The smallest absolute Gasteiger partial charge is 0.265 e. The van der Waals surface area contributed by atoms with Gasteiger partial charge in [0.25, 0.3) is 5.91 Å². The molecule has 2 aromatic carbocycles. The molecule has 0 aliphatic rings. The summed E-state index contributed by atoms with van der Waals surface area (Å²) in [4.78, 5) is 14.1. The van der Waals surface area contributed by atoms with Crippen molar-refractivity contribution < 1.29 is 9.18 Å². The molecule has 0 atom stereocenters. The van der Waals surface area contributed by atoms with Gasteiger partial charge in [-0.05, 0) is 53.6 Å². The highest BCUT2D eigenvalue weighted by molar-refractivity contribution is 7.17. The Bertz CT molecular complexity index is 1060. The Morgan fingerprint density at radius 1 is 1.07 bits per heavy atom. The number of halogens is 1. The number of nitrogens with zero attached hydrogens (tertiary/aromatic N) is 2. The van der Waals surface area contributed by atoms with Gasteiger partial charge in [-0.1, -0.05) is 24.3 Å². The van der Waals surface area contributed by atoms with Gasteiger partial charge in [0.05, 0.1) is 11.4 Å². The molecule has 0 bridgehead atoms. The van der Waals surface area contributed by atoms with E-state index in [1.807, 2.05) is 47.3 Å². The van der Waals surface area contributed by atoms with E-state index >= 15 is 0 Å². The molecule has 6 heteroatoms. The molecule has 0 saturated carbocycles. The fraction of sp³-hybridized carbons (Fsp3) is 0.0476. The predicted octanol–water partition coefficient (Wildman–Crippen LogP) is 5.05. The number of hydrogen-bond acceptors (Lipinski definition) is 3. The number of anilines is 1. The lowest BCUT2D eigenvalue weighted by atomic mass is 10.2. The van der Waals surface area contributed by atoms with Crippen molar-refractivity contribution in [2.75, 3.05) is 5.32 Å². The second-order valence-corrected chi connectivity index (χ2v) is 7.11. The Hall–Kier alpha value is -3.25. The van der Waals surface area contributed by atoms with Gasteiger partial charge in [0.2, 0.25) is 0 Å². The number of hydrogen-bond donors (Lipinski definition) is 1. The van der Waals surface area contributed by atoms with Crippen LogP contribution in [0.15, 0.2) is 79.1 Å². The summed E-state index contributed by atoms with van der Waals surface area (Å²) in [6.07, 6.45) is 3.63. The molecule has 0 saturated heterocycles. The standard InChI is InChI=1S/C21H16FN3OS/c22-17-7-5-16(6-8-17)19-9-10-20(27-19)21(26)24-18-4-1-3-15(13-18)14-25-12-2-11-23-25/h1-13H,14H2,(H,24,26). The Balaban J connectivity index is 1.47. The third-order valence-corrected chi connectivity index (χ3v) is 5.18. The van der Waals surface area contributed by atoms with E-state index in [9.17, 15) is 9.18 Å². The van der Waals surface area contributed by atoms with E-state index in [1.54, 1.807) is 24.4 Å². The number of benzene rings is 2. The van der Waals surface area contributed by atoms with Gasteiger partial charge in [-0.3, -0.25) is 9.48 Å². The second kappa shape index (κ2) is 7.55. The molecule has 4 rings (SSSR count). The first-order valence-electron chi connectivity index (χ1n) is 8.41. The number of rotatable bonds is 5. The first kappa shape index (κ1) is 17.2. The van der Waals surface area contributed by atoms with Crippen LogP contribution in [0.4, 0.5) is 10.1 Å². The topological polar surface area (TPSA) is 46.9 Å². The molecule has 134 valence electrons. The van der Waals surface area contributed by atoms with Crippen molar-refractivity contribution in [3.63, 3.8) is 0 Å². The number of carbonyl (C=O) groups is 1. The van der Waals surface area contributed by atoms with E-state index in [-0.39, 0.29) is 11.7 Å². The van der Waals surface area contributed by atoms with Crippen molar-refractivity contribution in [2.24, 2.45) is 0 Å². The van der Waals surface area contributed by atoms with Gasteiger partial charge < -0.3 is 5.32 Å². The zero-order valence-electron chi connectivity index (χ0n) is 14.3. The maximum Gasteiger partial charge on any atom is 0.265 e. The van der Waals surface area contributed by atoms with E-state index < -0.39 is 0 Å². The summed E-state index contributed by atoms with van der Waals surface area (Å²) >= 11 is 1.38. The minimum atomic E-state index is -0.275. The number of thiophene rings is 1. The highest BCUT2D eigenvalue weighted by Crippen LogP contribution is 2.28. The van der Waals surface area contributed by atoms with E-state index in [1.165, 1.54) is 23.5 Å². The molecular weight excluding hydrogens is 361 g/mol. The summed E-state index contributed by atoms with van der Waals surface area (Å²) < 4.78 is 14.9. The highest BCUT2D eigenvalue weighted by Gasteiger charge is 2.11. The lowest BCUT2D eigenvalue weighted by molar-refractivity contribution is 0.103. The lowest BCUT2D eigenvalue weighted by Crippen LogP contribution is -2.10. The monoisotopic (exact) mass is 377 g/mol. The van der Waals surface area contributed by atoms with Gasteiger partial charge in [0.15, 0.2) is 0 Å². The van der Waals surface area contributed by atoms with Crippen LogP contribution in [0.2, 0.25) is 0 Å². The third kappa shape index (κ3) is 4.12. The van der Waals surface area contributed by atoms with Gasteiger partial charge in [0, 0.05) is 23.0 Å². The van der Waals surface area contributed by atoms with Crippen molar-refractivity contribution in [2.45, 2.75) is 6.54 Å². The molecule has 27 heavy (non-hydrogen) atoms. The molecule has 0 fully saturated rings. The van der Waals surface area contributed by atoms with Crippen LogP contribution < -0.4 is 5.32 Å². The second-order valence-electron chi connectivity index (χ2n) is 6.03. The molecule has 4 nitrogen and oxygen atoms in total. The predicted molar refractivity (Wildman–Crippen MR) is 105 cm³/mol. The summed E-state index contributed by atoms with van der Waals surface area (Å²) in [5, 5.41) is 7.13. The molecule has 0 radical (unpaired) electrons. The molecule has 4 aromatic rings. The summed E-state index contributed by atoms with van der Waals surface area (Å²) in [5.41, 5.74) is 2.68. The molecule has 2 heterocycles. The van der Waals surface area contributed by atoms with Crippen LogP contribution in [0.1, 0.15) is 15.2 Å². The van der Waals surface area contributed by atoms with Gasteiger partial charge in [0.1, 0.15) is 5.82 Å². The molecular formula is C21H16FN3OS. The van der Waals surface area contributed by atoms with Crippen LogP contribution >= 0.6 is 11.3 Å². The summed E-state index contributed by atoms with van der Waals surface area (Å²) in [7, 11) is 0. The number of aromatic nitrogens is 2. The normalized spacial score (nSPS) is 10.7. The molecule has 0 unspecified atom stereocenters. The van der Waals surface area contributed by atoms with Crippen LogP contribution in [0.25, 0.3) is 10.4 Å². The Labute approximate surface area is 159 Å². The van der Waals surface area contributed by atoms with Crippen LogP contribution in [0.3, 0.4) is 0 Å². The van der Waals surface area contributed by atoms with Crippen molar-refractivity contribution >= 4 is 22.9 Å². The summed E-state index contributed by atoms with van der Waals surface area (Å²) in [5.74, 6) is -0.437. The molecule has 1 N–H and O–H groups in total. The van der Waals surface area contributed by atoms with Gasteiger partial charge in [-0.25, -0.2) is 4.39 Å². The van der Waals surface area contributed by atoms with Gasteiger partial charge in [-0.15, -0.1) is 11.3 Å². The third-order valence-electron chi connectivity index (χ3n) is 4.05. The first-order chi connectivity index (χ1) is 13.2. The van der Waals surface area contributed by atoms with E-state index in [4.69, 9.17) is 0 Å². The lowest BCUT2D eigenvalue weighted by Gasteiger charge is -2.07. The maximum absolute atomic E-state index is 13.1. The van der Waals surface area contributed by atoms with Crippen LogP contribution in [0.5, 0.6) is 0 Å². The highest BCUT2D eigenvalue weighted by atomic mass is 32.1. The number of carbonyl (C=O) groups excluding carboxylic acids is 1. The zero-order chi connectivity index (χ0) is 18.6. The van der Waals surface area contributed by atoms with Crippen molar-refractivity contribution in [3.05, 3.63) is 95.4 Å². The van der Waals surface area contributed by atoms with Crippen molar-refractivity contribution in [1.82, 2.24) is 9.78 Å². The van der Waals surface area contributed by atoms with Crippen LogP contribution in [-0.4, -0.2) is 15.7 Å². The molecule has 0 aliphatic heterocycles. The molecule has 2 aromatic heterocycles. The molecule has 0 aliphatic carbocycles. The largest absolute Gasteiger partial charge is 0.321 e. The van der Waals surface area contributed by atoms with Crippen LogP contribution in [-0.2, 0) is 6.54 Å².